The third-order valence-electron chi connectivity index (χ3n) is 2.66. The van der Waals surface area contributed by atoms with Crippen molar-refractivity contribution in [3.63, 3.8) is 0 Å². The number of carbonyl (C=O) groups is 1. The van der Waals surface area contributed by atoms with Crippen molar-refractivity contribution in [2.75, 3.05) is 7.11 Å². The lowest BCUT2D eigenvalue weighted by atomic mass is 10.2. The molecule has 98 valence electrons. The molecule has 3 rings (SSSR count). The summed E-state index contributed by atoms with van der Waals surface area (Å²) in [6, 6.07) is 13.0. The Morgan fingerprint density at radius 2 is 1.95 bits per heavy atom. The minimum atomic E-state index is 0.667. The Morgan fingerprint density at radius 1 is 1.21 bits per heavy atom. The first kappa shape index (κ1) is 13.6. The van der Waals surface area contributed by atoms with Gasteiger partial charge in [-0.3, -0.25) is 4.79 Å². The van der Waals surface area contributed by atoms with Crippen LogP contribution in [0.15, 0.2) is 46.9 Å². The molecule has 0 spiro atoms. The Morgan fingerprint density at radius 3 is 2.53 bits per heavy atom. The second-order valence-electron chi connectivity index (χ2n) is 3.93. The average Bonchev–Trinajstić information content (AvgIpc) is 2.88. The number of methoxy groups -OCH3 is 1. The maximum absolute atomic E-state index is 10.2. The van der Waals surface area contributed by atoms with Crippen LogP contribution in [0, 0.1) is 0 Å². The van der Waals surface area contributed by atoms with Gasteiger partial charge in [-0.05, 0) is 42.5 Å². The van der Waals surface area contributed by atoms with E-state index in [0.717, 1.165) is 28.9 Å². The first-order valence-corrected chi connectivity index (χ1v) is 6.52. The molecule has 0 saturated heterocycles. The standard InChI is InChI=1S/C8H8O2.C7H5BrO/c1-10-8-4-2-7(6-9)3-5-8;8-7-2-1-6-3-5(7)4-9-6/h2-6H,1H3;1-3H,4H2. The maximum Gasteiger partial charge on any atom is 0.150 e. The van der Waals surface area contributed by atoms with Crippen molar-refractivity contribution in [3.05, 3.63) is 58.1 Å². The number of carbonyl (C=O) groups excluding carboxylic acids is 1. The molecule has 1 aliphatic heterocycles. The fourth-order valence-electron chi connectivity index (χ4n) is 1.60. The molecular formula is C15H13BrO3. The van der Waals surface area contributed by atoms with Crippen molar-refractivity contribution in [2.45, 2.75) is 6.61 Å². The summed E-state index contributed by atoms with van der Waals surface area (Å²) < 4.78 is 11.3. The molecule has 2 aromatic carbocycles. The van der Waals surface area contributed by atoms with Gasteiger partial charge >= 0.3 is 0 Å². The maximum atomic E-state index is 10.2. The third kappa shape index (κ3) is 3.58. The van der Waals surface area contributed by atoms with E-state index in [1.807, 2.05) is 18.2 Å². The van der Waals surface area contributed by atoms with Crippen molar-refractivity contribution in [3.8, 4) is 11.5 Å². The minimum Gasteiger partial charge on any atom is -0.497 e. The van der Waals surface area contributed by atoms with E-state index in [1.54, 1.807) is 31.4 Å². The smallest absolute Gasteiger partial charge is 0.150 e. The van der Waals surface area contributed by atoms with Crippen LogP contribution < -0.4 is 9.47 Å². The number of fused-ring (bicyclic) bond motifs is 2. The van der Waals surface area contributed by atoms with Crippen LogP contribution in [0.1, 0.15) is 15.9 Å². The molecule has 19 heavy (non-hydrogen) atoms. The Bertz CT molecular complexity index is 564. The number of halogens is 1. The Kier molecular flexibility index (Phi) is 4.58. The van der Waals surface area contributed by atoms with Gasteiger partial charge < -0.3 is 9.47 Å². The third-order valence-corrected chi connectivity index (χ3v) is 3.44. The van der Waals surface area contributed by atoms with Gasteiger partial charge in [-0.15, -0.1) is 0 Å². The molecule has 0 atom stereocenters. The lowest BCUT2D eigenvalue weighted by Gasteiger charge is -1.96. The number of hydrogen-bond donors (Lipinski definition) is 0. The molecule has 1 aliphatic rings. The fraction of sp³-hybridized carbons (Fsp3) is 0.133. The molecule has 0 radical (unpaired) electrons. The molecule has 2 bridgehead atoms. The van der Waals surface area contributed by atoms with Crippen LogP contribution in [0.4, 0.5) is 0 Å². The highest BCUT2D eigenvalue weighted by Crippen LogP contribution is 2.28. The van der Waals surface area contributed by atoms with E-state index in [0.29, 0.717) is 5.56 Å². The van der Waals surface area contributed by atoms with Crippen LogP contribution in [0.5, 0.6) is 11.5 Å². The van der Waals surface area contributed by atoms with Crippen LogP contribution in [0.3, 0.4) is 0 Å². The molecule has 0 aliphatic carbocycles. The first-order chi connectivity index (χ1) is 9.22. The Balaban J connectivity index is 0.000000141. The fourth-order valence-corrected chi connectivity index (χ4v) is 1.96. The van der Waals surface area contributed by atoms with E-state index in [9.17, 15) is 4.79 Å². The molecule has 0 N–H and O–H groups in total. The summed E-state index contributed by atoms with van der Waals surface area (Å²) in [4.78, 5) is 10.2. The van der Waals surface area contributed by atoms with Gasteiger partial charge in [0.2, 0.25) is 0 Å². The van der Waals surface area contributed by atoms with E-state index < -0.39 is 0 Å². The molecule has 0 unspecified atom stereocenters. The molecule has 0 fully saturated rings. The first-order valence-electron chi connectivity index (χ1n) is 5.73. The van der Waals surface area contributed by atoms with E-state index in [-0.39, 0.29) is 0 Å². The number of aldehydes is 1. The van der Waals surface area contributed by atoms with Gasteiger partial charge in [-0.2, -0.15) is 0 Å². The second kappa shape index (κ2) is 6.38. The Hall–Kier alpha value is -1.81. The Labute approximate surface area is 120 Å². The molecule has 1 heterocycles. The van der Waals surface area contributed by atoms with Crippen molar-refractivity contribution in [2.24, 2.45) is 0 Å². The van der Waals surface area contributed by atoms with Gasteiger partial charge in [-0.25, -0.2) is 0 Å². The van der Waals surface area contributed by atoms with E-state index in [2.05, 4.69) is 15.9 Å². The van der Waals surface area contributed by atoms with Crippen LogP contribution in [0.2, 0.25) is 0 Å². The minimum absolute atomic E-state index is 0.667. The zero-order valence-electron chi connectivity index (χ0n) is 10.4. The molecule has 0 aromatic heterocycles. The average molecular weight is 321 g/mol. The summed E-state index contributed by atoms with van der Waals surface area (Å²) in [6.45, 7) is 0.725. The molecule has 4 heteroatoms. The lowest BCUT2D eigenvalue weighted by Crippen LogP contribution is -1.82. The number of hydrogen-bond acceptors (Lipinski definition) is 3. The van der Waals surface area contributed by atoms with Gasteiger partial charge in [0.1, 0.15) is 24.4 Å². The molecule has 0 amide bonds. The van der Waals surface area contributed by atoms with Crippen LogP contribution >= 0.6 is 15.9 Å². The SMILES string of the molecule is Brc1ccc2cc1CO2.COc1ccc(C=O)cc1. The number of benzene rings is 2. The topological polar surface area (TPSA) is 35.5 Å². The lowest BCUT2D eigenvalue weighted by molar-refractivity contribution is 0.112. The largest absolute Gasteiger partial charge is 0.497 e. The quantitative estimate of drug-likeness (QED) is 0.788. The normalized spacial score (nSPS) is 11.1. The van der Waals surface area contributed by atoms with Crippen LogP contribution in [0.25, 0.3) is 0 Å². The summed E-state index contributed by atoms with van der Waals surface area (Å²) in [5.74, 6) is 1.75. The predicted molar refractivity (Wildman–Crippen MR) is 76.9 cm³/mol. The predicted octanol–water partition coefficient (Wildman–Crippen LogP) is 3.85. The van der Waals surface area contributed by atoms with E-state index in [1.165, 1.54) is 5.56 Å². The molecular weight excluding hydrogens is 308 g/mol. The summed E-state index contributed by atoms with van der Waals surface area (Å²) in [6.07, 6.45) is 0.805. The summed E-state index contributed by atoms with van der Waals surface area (Å²) >= 11 is 3.41. The zero-order chi connectivity index (χ0) is 13.7. The van der Waals surface area contributed by atoms with Gasteiger partial charge in [0.05, 0.1) is 7.11 Å². The molecule has 2 aromatic rings. The second-order valence-corrected chi connectivity index (χ2v) is 4.79. The van der Waals surface area contributed by atoms with Gasteiger partial charge in [0.25, 0.3) is 0 Å². The molecule has 3 nitrogen and oxygen atoms in total. The summed E-state index contributed by atoms with van der Waals surface area (Å²) in [7, 11) is 1.59. The monoisotopic (exact) mass is 320 g/mol. The van der Waals surface area contributed by atoms with Gasteiger partial charge in [-0.1, -0.05) is 15.9 Å². The number of ether oxygens (including phenoxy) is 2. The van der Waals surface area contributed by atoms with Gasteiger partial charge in [0, 0.05) is 15.6 Å². The highest BCUT2D eigenvalue weighted by molar-refractivity contribution is 9.10. The van der Waals surface area contributed by atoms with Crippen molar-refractivity contribution < 1.29 is 14.3 Å². The van der Waals surface area contributed by atoms with E-state index >= 15 is 0 Å². The van der Waals surface area contributed by atoms with Gasteiger partial charge in [0.15, 0.2) is 0 Å². The zero-order valence-corrected chi connectivity index (χ0v) is 12.0. The van der Waals surface area contributed by atoms with Crippen molar-refractivity contribution >= 4 is 22.2 Å². The summed E-state index contributed by atoms with van der Waals surface area (Å²) in [5.41, 5.74) is 1.91. The number of rotatable bonds is 2. The highest BCUT2D eigenvalue weighted by atomic mass is 79.9. The molecule has 0 saturated carbocycles. The van der Waals surface area contributed by atoms with Crippen LogP contribution in [-0.4, -0.2) is 13.4 Å². The van der Waals surface area contributed by atoms with Crippen molar-refractivity contribution in [1.29, 1.82) is 0 Å². The highest BCUT2D eigenvalue weighted by Gasteiger charge is 2.09. The summed E-state index contributed by atoms with van der Waals surface area (Å²) in [5, 5.41) is 0. The van der Waals surface area contributed by atoms with E-state index in [4.69, 9.17) is 9.47 Å². The van der Waals surface area contributed by atoms with Crippen LogP contribution in [-0.2, 0) is 6.61 Å². The van der Waals surface area contributed by atoms with Crippen molar-refractivity contribution in [1.82, 2.24) is 0 Å².